The molecule has 4 amide bonds. The van der Waals surface area contributed by atoms with Crippen molar-refractivity contribution in [1.82, 2.24) is 15.5 Å². The second-order valence-corrected chi connectivity index (χ2v) is 3.71. The van der Waals surface area contributed by atoms with E-state index < -0.39 is 18.0 Å². The molecule has 0 aromatic rings. The summed E-state index contributed by atoms with van der Waals surface area (Å²) < 4.78 is 5.12. The largest absolute Gasteiger partial charge is 0.378 e. The molecule has 0 saturated carbocycles. The molecular formula is C9H13N3O4. The molecular weight excluding hydrogens is 214 g/mol. The smallest absolute Gasteiger partial charge is 0.322 e. The van der Waals surface area contributed by atoms with Crippen LogP contribution in [0.25, 0.3) is 0 Å². The fourth-order valence-electron chi connectivity index (χ4n) is 1.72. The Kier molecular flexibility index (Phi) is 3.04. The fourth-order valence-corrected chi connectivity index (χ4v) is 1.72. The van der Waals surface area contributed by atoms with E-state index in [-0.39, 0.29) is 12.3 Å². The van der Waals surface area contributed by atoms with E-state index in [0.717, 1.165) is 0 Å². The van der Waals surface area contributed by atoms with Gasteiger partial charge in [-0.1, -0.05) is 0 Å². The van der Waals surface area contributed by atoms with Crippen molar-refractivity contribution in [1.29, 1.82) is 0 Å². The summed E-state index contributed by atoms with van der Waals surface area (Å²) in [7, 11) is 0. The number of hydrogen-bond acceptors (Lipinski definition) is 4. The SMILES string of the molecule is O=C1NC(=O)[C@H](CC(=O)N2CCOCC2)N1. The van der Waals surface area contributed by atoms with Gasteiger partial charge >= 0.3 is 6.03 Å². The molecule has 2 N–H and O–H groups in total. The highest BCUT2D eigenvalue weighted by atomic mass is 16.5. The highest BCUT2D eigenvalue weighted by Gasteiger charge is 2.32. The molecule has 0 spiro atoms. The van der Waals surface area contributed by atoms with E-state index in [2.05, 4.69) is 10.6 Å². The molecule has 16 heavy (non-hydrogen) atoms. The van der Waals surface area contributed by atoms with E-state index in [1.165, 1.54) is 0 Å². The molecule has 2 fully saturated rings. The number of carbonyl (C=O) groups excluding carboxylic acids is 3. The maximum Gasteiger partial charge on any atom is 0.322 e. The second-order valence-electron chi connectivity index (χ2n) is 3.71. The van der Waals surface area contributed by atoms with Gasteiger partial charge in [-0.3, -0.25) is 14.9 Å². The van der Waals surface area contributed by atoms with E-state index in [1.807, 2.05) is 0 Å². The van der Waals surface area contributed by atoms with Crippen LogP contribution >= 0.6 is 0 Å². The average Bonchev–Trinajstić information content (AvgIpc) is 2.59. The van der Waals surface area contributed by atoms with Crippen molar-refractivity contribution in [2.24, 2.45) is 0 Å². The Hall–Kier alpha value is -1.63. The topological polar surface area (TPSA) is 87.7 Å². The molecule has 2 aliphatic heterocycles. The number of imide groups is 1. The van der Waals surface area contributed by atoms with Crippen LogP contribution in [-0.2, 0) is 14.3 Å². The molecule has 0 aromatic heterocycles. The Bertz CT molecular complexity index is 325. The summed E-state index contributed by atoms with van der Waals surface area (Å²) in [6.07, 6.45) is 0.0115. The molecule has 7 nitrogen and oxygen atoms in total. The lowest BCUT2D eigenvalue weighted by Gasteiger charge is -2.27. The van der Waals surface area contributed by atoms with Crippen LogP contribution in [0.1, 0.15) is 6.42 Å². The van der Waals surface area contributed by atoms with E-state index in [0.29, 0.717) is 26.3 Å². The summed E-state index contributed by atoms with van der Waals surface area (Å²) in [6, 6.07) is -1.27. The standard InChI is InChI=1S/C9H13N3O4/c13-7(12-1-3-16-4-2-12)5-6-8(14)11-9(15)10-6/h6H,1-5H2,(H2,10,11,14,15)/t6-/m0/s1. The van der Waals surface area contributed by atoms with Gasteiger partial charge in [-0.25, -0.2) is 4.79 Å². The first kappa shape index (κ1) is 10.9. The number of morpholine rings is 1. The zero-order valence-electron chi connectivity index (χ0n) is 8.69. The summed E-state index contributed by atoms with van der Waals surface area (Å²) in [4.78, 5) is 35.4. The molecule has 2 rings (SSSR count). The molecule has 2 heterocycles. The van der Waals surface area contributed by atoms with Crippen LogP contribution in [0, 0.1) is 0 Å². The number of ether oxygens (including phenoxy) is 1. The summed E-state index contributed by atoms with van der Waals surface area (Å²) in [5.74, 6) is -0.572. The van der Waals surface area contributed by atoms with Crippen LogP contribution in [0.2, 0.25) is 0 Å². The Labute approximate surface area is 92.1 Å². The number of carbonyl (C=O) groups is 3. The van der Waals surface area contributed by atoms with Gasteiger partial charge in [0.05, 0.1) is 19.6 Å². The Morgan fingerprint density at radius 1 is 1.38 bits per heavy atom. The van der Waals surface area contributed by atoms with Crippen LogP contribution in [0.3, 0.4) is 0 Å². The van der Waals surface area contributed by atoms with Crippen molar-refractivity contribution >= 4 is 17.8 Å². The zero-order chi connectivity index (χ0) is 11.5. The number of nitrogens with zero attached hydrogens (tertiary/aromatic N) is 1. The van der Waals surface area contributed by atoms with Crippen molar-refractivity contribution in [3.8, 4) is 0 Å². The second kappa shape index (κ2) is 4.48. The molecule has 0 bridgehead atoms. The van der Waals surface area contributed by atoms with Gasteiger partial charge in [0.1, 0.15) is 6.04 Å². The highest BCUT2D eigenvalue weighted by Crippen LogP contribution is 2.05. The number of urea groups is 1. The zero-order valence-corrected chi connectivity index (χ0v) is 8.69. The first-order valence-electron chi connectivity index (χ1n) is 5.13. The molecule has 0 radical (unpaired) electrons. The Morgan fingerprint density at radius 2 is 2.06 bits per heavy atom. The first-order chi connectivity index (χ1) is 7.66. The van der Waals surface area contributed by atoms with Gasteiger partial charge in [0.2, 0.25) is 5.91 Å². The van der Waals surface area contributed by atoms with Gasteiger partial charge in [0.15, 0.2) is 0 Å². The number of amides is 4. The predicted octanol–water partition coefficient (Wildman–Crippen LogP) is -1.56. The maximum absolute atomic E-state index is 11.7. The molecule has 2 saturated heterocycles. The van der Waals surface area contributed by atoms with Gasteiger partial charge in [-0.15, -0.1) is 0 Å². The minimum absolute atomic E-state index is 0.0115. The van der Waals surface area contributed by atoms with Crippen molar-refractivity contribution in [3.63, 3.8) is 0 Å². The fraction of sp³-hybridized carbons (Fsp3) is 0.667. The predicted molar refractivity (Wildman–Crippen MR) is 52.5 cm³/mol. The van der Waals surface area contributed by atoms with Gasteiger partial charge < -0.3 is 15.0 Å². The van der Waals surface area contributed by atoms with Crippen molar-refractivity contribution in [2.45, 2.75) is 12.5 Å². The quantitative estimate of drug-likeness (QED) is 0.559. The summed E-state index contributed by atoms with van der Waals surface area (Å²) in [5.41, 5.74) is 0. The molecule has 0 aliphatic carbocycles. The Morgan fingerprint density at radius 3 is 2.62 bits per heavy atom. The monoisotopic (exact) mass is 227 g/mol. The van der Waals surface area contributed by atoms with Crippen LogP contribution in [-0.4, -0.2) is 55.1 Å². The number of nitrogens with one attached hydrogen (secondary N) is 2. The third kappa shape index (κ3) is 2.30. The highest BCUT2D eigenvalue weighted by molar-refractivity contribution is 6.05. The van der Waals surface area contributed by atoms with E-state index >= 15 is 0 Å². The third-order valence-corrected chi connectivity index (χ3v) is 2.60. The summed E-state index contributed by atoms with van der Waals surface area (Å²) in [6.45, 7) is 2.13. The average molecular weight is 227 g/mol. The summed E-state index contributed by atoms with van der Waals surface area (Å²) in [5, 5.41) is 4.49. The lowest BCUT2D eigenvalue weighted by atomic mass is 10.2. The van der Waals surface area contributed by atoms with E-state index in [9.17, 15) is 14.4 Å². The minimum Gasteiger partial charge on any atom is -0.378 e. The van der Waals surface area contributed by atoms with Gasteiger partial charge in [-0.05, 0) is 0 Å². The van der Waals surface area contributed by atoms with Crippen LogP contribution in [0.4, 0.5) is 4.79 Å². The molecule has 1 atom stereocenters. The van der Waals surface area contributed by atoms with Crippen molar-refractivity contribution in [2.75, 3.05) is 26.3 Å². The summed E-state index contributed by atoms with van der Waals surface area (Å²) >= 11 is 0. The lowest BCUT2D eigenvalue weighted by Crippen LogP contribution is -2.44. The molecule has 0 aromatic carbocycles. The normalized spacial score (nSPS) is 25.2. The van der Waals surface area contributed by atoms with E-state index in [4.69, 9.17) is 4.74 Å². The molecule has 88 valence electrons. The van der Waals surface area contributed by atoms with Crippen molar-refractivity contribution in [3.05, 3.63) is 0 Å². The van der Waals surface area contributed by atoms with Crippen LogP contribution in [0.15, 0.2) is 0 Å². The van der Waals surface area contributed by atoms with Gasteiger partial charge in [0, 0.05) is 13.1 Å². The van der Waals surface area contributed by atoms with Gasteiger partial charge in [-0.2, -0.15) is 0 Å². The Balaban J connectivity index is 1.86. The minimum atomic E-state index is -0.733. The maximum atomic E-state index is 11.7. The molecule has 2 aliphatic rings. The molecule has 0 unspecified atom stereocenters. The van der Waals surface area contributed by atoms with Crippen LogP contribution < -0.4 is 10.6 Å². The number of rotatable bonds is 2. The van der Waals surface area contributed by atoms with E-state index in [1.54, 1.807) is 4.90 Å². The lowest BCUT2D eigenvalue weighted by molar-refractivity contribution is -0.137. The van der Waals surface area contributed by atoms with Crippen LogP contribution in [0.5, 0.6) is 0 Å². The van der Waals surface area contributed by atoms with Crippen molar-refractivity contribution < 1.29 is 19.1 Å². The van der Waals surface area contributed by atoms with Gasteiger partial charge in [0.25, 0.3) is 5.91 Å². The third-order valence-electron chi connectivity index (χ3n) is 2.60. The first-order valence-corrected chi connectivity index (χ1v) is 5.13. The molecule has 7 heteroatoms. The number of hydrogen-bond donors (Lipinski definition) is 2.